The van der Waals surface area contributed by atoms with Crippen molar-refractivity contribution in [2.24, 2.45) is 5.84 Å². The van der Waals surface area contributed by atoms with Gasteiger partial charge >= 0.3 is 0 Å². The van der Waals surface area contributed by atoms with Crippen molar-refractivity contribution in [3.8, 4) is 11.5 Å². The van der Waals surface area contributed by atoms with Gasteiger partial charge < -0.3 is 9.47 Å². The normalized spacial score (nSPS) is 9.82. The number of carbonyl (C=O) groups is 1. The predicted molar refractivity (Wildman–Crippen MR) is 64.8 cm³/mol. The van der Waals surface area contributed by atoms with E-state index in [1.165, 1.54) is 0 Å². The Morgan fingerprint density at radius 3 is 2.59 bits per heavy atom. The maximum Gasteiger partial charge on any atom is 0.238 e. The summed E-state index contributed by atoms with van der Waals surface area (Å²) >= 11 is 0. The first-order valence-electron chi connectivity index (χ1n) is 5.59. The molecule has 0 aliphatic carbocycles. The van der Waals surface area contributed by atoms with E-state index in [2.05, 4.69) is 5.43 Å². The van der Waals surface area contributed by atoms with E-state index in [0.717, 1.165) is 11.3 Å². The van der Waals surface area contributed by atoms with E-state index in [4.69, 9.17) is 15.3 Å². The van der Waals surface area contributed by atoms with Gasteiger partial charge in [0.1, 0.15) is 11.5 Å². The van der Waals surface area contributed by atoms with Gasteiger partial charge in [-0.25, -0.2) is 5.84 Å². The maximum absolute atomic E-state index is 11.2. The van der Waals surface area contributed by atoms with E-state index in [1.807, 2.05) is 26.0 Å². The van der Waals surface area contributed by atoms with Crippen molar-refractivity contribution in [3.05, 3.63) is 23.8 Å². The van der Waals surface area contributed by atoms with Crippen LogP contribution in [0.3, 0.4) is 0 Å². The van der Waals surface area contributed by atoms with E-state index >= 15 is 0 Å². The van der Waals surface area contributed by atoms with Crippen LogP contribution < -0.4 is 20.7 Å². The Kier molecular flexibility index (Phi) is 5.29. The molecule has 5 nitrogen and oxygen atoms in total. The Hall–Kier alpha value is -1.75. The van der Waals surface area contributed by atoms with Crippen molar-refractivity contribution >= 4 is 5.91 Å². The highest BCUT2D eigenvalue weighted by atomic mass is 16.5. The fourth-order valence-corrected chi connectivity index (χ4v) is 1.45. The van der Waals surface area contributed by atoms with E-state index in [1.54, 1.807) is 6.07 Å². The Balaban J connectivity index is 2.90. The lowest BCUT2D eigenvalue weighted by molar-refractivity contribution is -0.120. The van der Waals surface area contributed by atoms with E-state index < -0.39 is 0 Å². The molecule has 1 amide bonds. The maximum atomic E-state index is 11.2. The standard InChI is InChI=1S/C12H18N2O3/c1-3-16-10-6-5-9(7-12(15)14-13)11(8-10)17-4-2/h5-6,8H,3-4,7,13H2,1-2H3,(H,14,15). The molecule has 0 heterocycles. The second kappa shape index (κ2) is 6.75. The molecule has 0 spiro atoms. The van der Waals surface area contributed by atoms with Gasteiger partial charge in [0.05, 0.1) is 19.6 Å². The Morgan fingerprint density at radius 1 is 1.29 bits per heavy atom. The number of carbonyl (C=O) groups excluding carboxylic acids is 1. The molecule has 0 unspecified atom stereocenters. The molecule has 0 aliphatic heterocycles. The number of hydrogen-bond donors (Lipinski definition) is 2. The fourth-order valence-electron chi connectivity index (χ4n) is 1.45. The topological polar surface area (TPSA) is 73.6 Å². The van der Waals surface area contributed by atoms with Gasteiger partial charge in [-0.3, -0.25) is 10.2 Å². The van der Waals surface area contributed by atoms with Gasteiger partial charge in [-0.05, 0) is 19.9 Å². The van der Waals surface area contributed by atoms with Crippen LogP contribution in [0.5, 0.6) is 11.5 Å². The van der Waals surface area contributed by atoms with Gasteiger partial charge in [-0.15, -0.1) is 0 Å². The smallest absolute Gasteiger partial charge is 0.238 e. The molecular weight excluding hydrogens is 220 g/mol. The molecule has 0 radical (unpaired) electrons. The fraction of sp³-hybridized carbons (Fsp3) is 0.417. The lowest BCUT2D eigenvalue weighted by atomic mass is 10.1. The summed E-state index contributed by atoms with van der Waals surface area (Å²) in [6, 6.07) is 5.41. The highest BCUT2D eigenvalue weighted by molar-refractivity contribution is 5.78. The first kappa shape index (κ1) is 13.3. The summed E-state index contributed by atoms with van der Waals surface area (Å²) in [6.45, 7) is 4.93. The Labute approximate surface area is 101 Å². The summed E-state index contributed by atoms with van der Waals surface area (Å²) in [5.41, 5.74) is 2.89. The number of amides is 1. The number of benzene rings is 1. The number of rotatable bonds is 6. The molecule has 1 aromatic rings. The zero-order valence-corrected chi connectivity index (χ0v) is 10.2. The lowest BCUT2D eigenvalue weighted by Crippen LogP contribution is -2.31. The van der Waals surface area contributed by atoms with Crippen LogP contribution >= 0.6 is 0 Å². The second-order valence-corrected chi connectivity index (χ2v) is 3.38. The van der Waals surface area contributed by atoms with Crippen LogP contribution in [0.1, 0.15) is 19.4 Å². The molecule has 17 heavy (non-hydrogen) atoms. The van der Waals surface area contributed by atoms with Crippen LogP contribution in [0.15, 0.2) is 18.2 Å². The van der Waals surface area contributed by atoms with Crippen molar-refractivity contribution in [1.82, 2.24) is 5.43 Å². The molecule has 5 heteroatoms. The molecule has 0 aliphatic rings. The Bertz CT molecular complexity index is 380. The van der Waals surface area contributed by atoms with Crippen molar-refractivity contribution in [2.75, 3.05) is 13.2 Å². The van der Waals surface area contributed by atoms with Crippen LogP contribution in [0.2, 0.25) is 0 Å². The zero-order valence-electron chi connectivity index (χ0n) is 10.2. The number of ether oxygens (including phenoxy) is 2. The SMILES string of the molecule is CCOc1ccc(CC(=O)NN)c(OCC)c1. The Morgan fingerprint density at radius 2 is 2.00 bits per heavy atom. The van der Waals surface area contributed by atoms with Crippen molar-refractivity contribution in [1.29, 1.82) is 0 Å². The van der Waals surface area contributed by atoms with E-state index in [0.29, 0.717) is 19.0 Å². The van der Waals surface area contributed by atoms with Crippen LogP contribution in [-0.2, 0) is 11.2 Å². The first-order valence-corrected chi connectivity index (χ1v) is 5.59. The molecule has 1 rings (SSSR count). The summed E-state index contributed by atoms with van der Waals surface area (Å²) in [7, 11) is 0. The highest BCUT2D eigenvalue weighted by Crippen LogP contribution is 2.25. The van der Waals surface area contributed by atoms with E-state index in [9.17, 15) is 4.79 Å². The molecule has 0 saturated heterocycles. The molecule has 0 aromatic heterocycles. The number of hydrogen-bond acceptors (Lipinski definition) is 4. The molecule has 3 N–H and O–H groups in total. The summed E-state index contributed by atoms with van der Waals surface area (Å²) < 4.78 is 10.8. The lowest BCUT2D eigenvalue weighted by Gasteiger charge is -2.12. The minimum atomic E-state index is -0.255. The van der Waals surface area contributed by atoms with Crippen molar-refractivity contribution in [2.45, 2.75) is 20.3 Å². The minimum Gasteiger partial charge on any atom is -0.494 e. The number of nitrogens with two attached hydrogens (primary N) is 1. The molecule has 0 atom stereocenters. The van der Waals surface area contributed by atoms with Gasteiger partial charge in [0, 0.05) is 11.6 Å². The second-order valence-electron chi connectivity index (χ2n) is 3.38. The minimum absolute atomic E-state index is 0.193. The van der Waals surface area contributed by atoms with Gasteiger partial charge in [-0.2, -0.15) is 0 Å². The quantitative estimate of drug-likeness (QED) is 0.441. The molecule has 0 fully saturated rings. The molecule has 0 saturated carbocycles. The van der Waals surface area contributed by atoms with Crippen molar-refractivity contribution in [3.63, 3.8) is 0 Å². The van der Waals surface area contributed by atoms with Crippen LogP contribution in [-0.4, -0.2) is 19.1 Å². The average Bonchev–Trinajstić information content (AvgIpc) is 2.33. The third-order valence-electron chi connectivity index (χ3n) is 2.16. The van der Waals surface area contributed by atoms with Crippen molar-refractivity contribution < 1.29 is 14.3 Å². The summed E-state index contributed by atoms with van der Waals surface area (Å²) in [5, 5.41) is 0. The summed E-state index contributed by atoms with van der Waals surface area (Å²) in [4.78, 5) is 11.2. The van der Waals surface area contributed by atoms with Crippen LogP contribution in [0.4, 0.5) is 0 Å². The highest BCUT2D eigenvalue weighted by Gasteiger charge is 2.09. The molecular formula is C12H18N2O3. The molecule has 1 aromatic carbocycles. The summed E-state index contributed by atoms with van der Waals surface area (Å²) in [5.74, 6) is 6.19. The largest absolute Gasteiger partial charge is 0.494 e. The third kappa shape index (κ3) is 3.96. The zero-order chi connectivity index (χ0) is 12.7. The van der Waals surface area contributed by atoms with Gasteiger partial charge in [0.2, 0.25) is 5.91 Å². The number of nitrogens with one attached hydrogen (secondary N) is 1. The molecule has 0 bridgehead atoms. The average molecular weight is 238 g/mol. The van der Waals surface area contributed by atoms with Crippen LogP contribution in [0, 0.1) is 0 Å². The monoisotopic (exact) mass is 238 g/mol. The van der Waals surface area contributed by atoms with Gasteiger partial charge in [0.15, 0.2) is 0 Å². The van der Waals surface area contributed by atoms with Gasteiger partial charge in [0.25, 0.3) is 0 Å². The summed E-state index contributed by atoms with van der Waals surface area (Å²) in [6.07, 6.45) is 0.193. The first-order chi connectivity index (χ1) is 8.21. The number of hydrazine groups is 1. The van der Waals surface area contributed by atoms with Gasteiger partial charge in [-0.1, -0.05) is 6.07 Å². The van der Waals surface area contributed by atoms with Crippen LogP contribution in [0.25, 0.3) is 0 Å². The predicted octanol–water partition coefficient (Wildman–Crippen LogP) is 1.02. The molecule has 94 valence electrons. The third-order valence-corrected chi connectivity index (χ3v) is 2.16. The van der Waals surface area contributed by atoms with E-state index in [-0.39, 0.29) is 12.3 Å².